The van der Waals surface area contributed by atoms with Crippen molar-refractivity contribution in [3.05, 3.63) is 211 Å². The summed E-state index contributed by atoms with van der Waals surface area (Å²) in [7, 11) is 0. The predicted octanol–water partition coefficient (Wildman–Crippen LogP) is 16.1. The Morgan fingerprint density at radius 2 is 1.36 bits per heavy atom. The molecule has 352 valence electrons. The summed E-state index contributed by atoms with van der Waals surface area (Å²) in [6.07, 6.45) is 3.88. The number of ether oxygens (including phenoxy) is 1. The normalized spacial score (nSPS) is 12.8. The van der Waals surface area contributed by atoms with Crippen molar-refractivity contribution in [3.8, 4) is 33.8 Å². The molecule has 0 fully saturated rings. The SMILES string of the molecule is CC(C)c1cccc(-c2cc(-c3ccccc3)cc(C(C)(C)C)c2)c1CCCN1[CH-]N(c2[c-]c(COc3[c-]c4c(cc3)c3ccccc3n4-c3cc(C(C)(C)C)ccn3)ccc2)c2ccccc21.[Pt]. The molecular weight excluding hydrogens is 1020 g/mol. The number of pyridine rings is 1. The van der Waals surface area contributed by atoms with E-state index >= 15 is 0 Å². The number of rotatable bonds is 12. The largest absolute Gasteiger partial charge is 0.517 e. The van der Waals surface area contributed by atoms with Gasteiger partial charge in [-0.15, -0.1) is 28.8 Å². The Morgan fingerprint density at radius 1 is 0.638 bits per heavy atom. The third-order valence-electron chi connectivity index (χ3n) is 13.5. The van der Waals surface area contributed by atoms with Crippen molar-refractivity contribution >= 4 is 38.9 Å². The zero-order valence-electron chi connectivity index (χ0n) is 41.1. The molecule has 0 atom stereocenters. The number of anilines is 3. The van der Waals surface area contributed by atoms with Crippen molar-refractivity contribution in [3.63, 3.8) is 0 Å². The van der Waals surface area contributed by atoms with Gasteiger partial charge in [-0.2, -0.15) is 37.0 Å². The number of fused-ring (bicyclic) bond motifs is 4. The zero-order valence-corrected chi connectivity index (χ0v) is 43.4. The van der Waals surface area contributed by atoms with Crippen LogP contribution in [-0.4, -0.2) is 16.1 Å². The van der Waals surface area contributed by atoms with E-state index in [1.807, 2.05) is 12.3 Å². The first-order chi connectivity index (χ1) is 32.8. The summed E-state index contributed by atoms with van der Waals surface area (Å²) in [6, 6.07) is 64.3. The maximum atomic E-state index is 6.53. The van der Waals surface area contributed by atoms with Gasteiger partial charge in [0.15, 0.2) is 0 Å². The van der Waals surface area contributed by atoms with Crippen LogP contribution in [0, 0.1) is 18.8 Å². The van der Waals surface area contributed by atoms with Crippen LogP contribution in [0.3, 0.4) is 0 Å². The third-order valence-corrected chi connectivity index (χ3v) is 13.5. The number of hydrogen-bond donors (Lipinski definition) is 0. The molecule has 6 heteroatoms. The summed E-state index contributed by atoms with van der Waals surface area (Å²) >= 11 is 0. The molecule has 10 rings (SSSR count). The van der Waals surface area contributed by atoms with Gasteiger partial charge < -0.3 is 19.1 Å². The number of aromatic nitrogens is 2. The van der Waals surface area contributed by atoms with E-state index in [4.69, 9.17) is 9.72 Å². The predicted molar refractivity (Wildman–Crippen MR) is 284 cm³/mol. The fourth-order valence-electron chi connectivity index (χ4n) is 9.77. The molecule has 69 heavy (non-hydrogen) atoms. The molecule has 2 aromatic heterocycles. The van der Waals surface area contributed by atoms with Crippen LogP contribution >= 0.6 is 0 Å². The third kappa shape index (κ3) is 9.77. The van der Waals surface area contributed by atoms with E-state index in [1.54, 1.807) is 0 Å². The second kappa shape index (κ2) is 19.5. The minimum absolute atomic E-state index is 0. The van der Waals surface area contributed by atoms with E-state index in [-0.39, 0.29) is 31.9 Å². The van der Waals surface area contributed by atoms with Gasteiger partial charge >= 0.3 is 0 Å². The summed E-state index contributed by atoms with van der Waals surface area (Å²) in [6.45, 7) is 21.8. The van der Waals surface area contributed by atoms with Gasteiger partial charge in [0.1, 0.15) is 5.82 Å². The Kier molecular flexibility index (Phi) is 13.5. The van der Waals surface area contributed by atoms with Crippen molar-refractivity contribution in [1.29, 1.82) is 0 Å². The number of para-hydroxylation sites is 3. The Bertz CT molecular complexity index is 3260. The molecule has 0 bridgehead atoms. The number of hydrogen-bond acceptors (Lipinski definition) is 4. The van der Waals surface area contributed by atoms with Gasteiger partial charge in [0, 0.05) is 49.9 Å². The van der Waals surface area contributed by atoms with Crippen molar-refractivity contribution in [2.45, 2.75) is 91.6 Å². The van der Waals surface area contributed by atoms with Gasteiger partial charge in [-0.3, -0.25) is 0 Å². The first kappa shape index (κ1) is 47.6. The van der Waals surface area contributed by atoms with Crippen LogP contribution in [0.4, 0.5) is 17.1 Å². The summed E-state index contributed by atoms with van der Waals surface area (Å²) in [4.78, 5) is 9.53. The van der Waals surface area contributed by atoms with Gasteiger partial charge in [0.05, 0.1) is 6.61 Å². The fourth-order valence-corrected chi connectivity index (χ4v) is 9.77. The fraction of sp³-hybridized carbons (Fsp3) is 0.238. The average Bonchev–Trinajstić information content (AvgIpc) is 3.88. The van der Waals surface area contributed by atoms with Crippen molar-refractivity contribution in [1.82, 2.24) is 9.55 Å². The molecule has 5 nitrogen and oxygen atoms in total. The van der Waals surface area contributed by atoms with E-state index in [0.717, 1.165) is 63.9 Å². The molecule has 0 saturated carbocycles. The Hall–Kier alpha value is -6.42. The van der Waals surface area contributed by atoms with Crippen LogP contribution in [0.1, 0.15) is 95.5 Å². The van der Waals surface area contributed by atoms with E-state index in [0.29, 0.717) is 18.3 Å². The van der Waals surface area contributed by atoms with Gasteiger partial charge in [-0.25, -0.2) is 4.98 Å². The van der Waals surface area contributed by atoms with E-state index in [1.165, 1.54) is 50.2 Å². The Labute approximate surface area is 424 Å². The molecule has 0 N–H and O–H groups in total. The van der Waals surface area contributed by atoms with Crippen LogP contribution in [0.5, 0.6) is 5.75 Å². The molecule has 0 spiro atoms. The molecule has 0 aliphatic carbocycles. The molecule has 9 aromatic rings. The summed E-state index contributed by atoms with van der Waals surface area (Å²) in [5, 5.41) is 2.28. The summed E-state index contributed by atoms with van der Waals surface area (Å²) in [5.74, 6) is 1.96. The molecule has 0 amide bonds. The maximum Gasteiger partial charge on any atom is 0.135 e. The summed E-state index contributed by atoms with van der Waals surface area (Å²) < 4.78 is 8.74. The van der Waals surface area contributed by atoms with E-state index < -0.39 is 0 Å². The second-order valence-corrected chi connectivity index (χ2v) is 20.7. The van der Waals surface area contributed by atoms with Crippen LogP contribution in [-0.2, 0) is 44.9 Å². The minimum atomic E-state index is -0.00811. The molecule has 1 aliphatic heterocycles. The van der Waals surface area contributed by atoms with E-state index in [2.05, 4.69) is 240 Å². The molecule has 1 aliphatic rings. The monoisotopic (exact) mass is 1080 g/mol. The van der Waals surface area contributed by atoms with Gasteiger partial charge in [-0.05, 0) is 122 Å². The molecule has 7 aromatic carbocycles. The van der Waals surface area contributed by atoms with Gasteiger partial charge in [0.2, 0.25) is 0 Å². The van der Waals surface area contributed by atoms with Crippen molar-refractivity contribution in [2.24, 2.45) is 0 Å². The average molecular weight is 1090 g/mol. The second-order valence-electron chi connectivity index (χ2n) is 20.7. The first-order valence-electron chi connectivity index (χ1n) is 24.2. The molecular formula is C63H61N4OPt-3. The van der Waals surface area contributed by atoms with Crippen LogP contribution in [0.2, 0.25) is 0 Å². The Morgan fingerprint density at radius 3 is 2.14 bits per heavy atom. The maximum absolute atomic E-state index is 6.53. The van der Waals surface area contributed by atoms with Crippen LogP contribution in [0.15, 0.2) is 164 Å². The minimum Gasteiger partial charge on any atom is -0.517 e. The topological polar surface area (TPSA) is 33.5 Å². The Balaban J connectivity index is 0.00000593. The van der Waals surface area contributed by atoms with Crippen LogP contribution in [0.25, 0.3) is 49.9 Å². The summed E-state index contributed by atoms with van der Waals surface area (Å²) in [5.41, 5.74) is 16.9. The molecule has 3 heterocycles. The smallest absolute Gasteiger partial charge is 0.135 e. The van der Waals surface area contributed by atoms with E-state index in [9.17, 15) is 0 Å². The van der Waals surface area contributed by atoms with Crippen molar-refractivity contribution < 1.29 is 25.8 Å². The van der Waals surface area contributed by atoms with Gasteiger partial charge in [-0.1, -0.05) is 152 Å². The molecule has 0 saturated heterocycles. The van der Waals surface area contributed by atoms with Gasteiger partial charge in [0.25, 0.3) is 0 Å². The number of nitrogens with zero attached hydrogens (tertiary/aromatic N) is 4. The van der Waals surface area contributed by atoms with Crippen LogP contribution < -0.4 is 14.5 Å². The number of benzene rings is 7. The van der Waals surface area contributed by atoms with Crippen molar-refractivity contribution in [2.75, 3.05) is 16.3 Å². The quantitative estimate of drug-likeness (QED) is 0.114. The molecule has 0 radical (unpaired) electrons. The zero-order chi connectivity index (χ0) is 47.2. The first-order valence-corrected chi connectivity index (χ1v) is 24.2. The molecule has 0 unspecified atom stereocenters. The standard InChI is InChI=1S/C63H61N4O.Pt/c1-43(2)52-24-17-25-53(47-36-46(45-20-10-9-11-21-45)37-49(38-47)63(6,7)8)54(52)26-18-34-65-42-66(59-29-15-14-28-58(59)65)50-22-16-19-44(35-50)41-68-51-30-31-56-55-23-12-13-27-57(55)67(60(56)40-51)61-39-48(32-33-64-61)62(3,4)5;/h9-17,19-25,27-33,36-39,42-43H,18,26,34,41H2,1-8H3;/q-3;.